The van der Waals surface area contributed by atoms with Crippen molar-refractivity contribution >= 4 is 23.5 Å². The van der Waals surface area contributed by atoms with Crippen molar-refractivity contribution in [2.75, 3.05) is 5.32 Å². The number of ether oxygens (including phenoxy) is 2. The van der Waals surface area contributed by atoms with Gasteiger partial charge in [-0.3, -0.25) is 4.79 Å². The molecule has 7 heteroatoms. The highest BCUT2D eigenvalue weighted by molar-refractivity contribution is 5.98. The summed E-state index contributed by atoms with van der Waals surface area (Å²) in [4.78, 5) is 38.6. The fraction of sp³-hybridized carbons (Fsp3) is 0.344. The summed E-state index contributed by atoms with van der Waals surface area (Å²) in [6.45, 7) is 10.0. The number of rotatable bonds is 9. The number of hydrogen-bond acceptors (Lipinski definition) is 6. The maximum atomic E-state index is 13.3. The summed E-state index contributed by atoms with van der Waals surface area (Å²) in [5.74, 6) is -0.832. The second-order valence-corrected chi connectivity index (χ2v) is 10.3. The zero-order valence-corrected chi connectivity index (χ0v) is 23.2. The summed E-state index contributed by atoms with van der Waals surface area (Å²) >= 11 is 0. The SMILES string of the molecule is CCC(NC(C)C)C(OC(=O)c1ccc(C)cc1)c1ccc(OC(=O)c2ccc(C)cc2)c2c1CCC(=O)N2. The molecule has 1 amide bonds. The molecule has 4 rings (SSSR count). The average Bonchev–Trinajstić information content (AvgIpc) is 2.91. The van der Waals surface area contributed by atoms with E-state index in [-0.39, 0.29) is 30.2 Å². The van der Waals surface area contributed by atoms with E-state index < -0.39 is 18.0 Å². The molecule has 7 nitrogen and oxygen atoms in total. The second kappa shape index (κ2) is 12.3. The van der Waals surface area contributed by atoms with Crippen LogP contribution in [0.3, 0.4) is 0 Å². The molecule has 1 aliphatic heterocycles. The van der Waals surface area contributed by atoms with Gasteiger partial charge in [-0.15, -0.1) is 0 Å². The number of carbonyl (C=O) groups is 3. The molecule has 39 heavy (non-hydrogen) atoms. The molecular weight excluding hydrogens is 492 g/mol. The maximum absolute atomic E-state index is 13.3. The summed E-state index contributed by atoms with van der Waals surface area (Å²) in [6, 6.07) is 17.9. The van der Waals surface area contributed by atoms with E-state index in [1.54, 1.807) is 30.3 Å². The molecule has 0 bridgehead atoms. The van der Waals surface area contributed by atoms with Crippen molar-refractivity contribution in [3.8, 4) is 5.75 Å². The van der Waals surface area contributed by atoms with Crippen molar-refractivity contribution in [1.29, 1.82) is 0 Å². The molecule has 0 spiro atoms. The van der Waals surface area contributed by atoms with Gasteiger partial charge < -0.3 is 20.1 Å². The van der Waals surface area contributed by atoms with Gasteiger partial charge in [-0.25, -0.2) is 9.59 Å². The Morgan fingerprint density at radius 3 is 2.03 bits per heavy atom. The van der Waals surface area contributed by atoms with Crippen LogP contribution in [0.1, 0.15) is 82.7 Å². The highest BCUT2D eigenvalue weighted by atomic mass is 16.5. The minimum Gasteiger partial charge on any atom is -0.452 e. The molecule has 0 saturated heterocycles. The van der Waals surface area contributed by atoms with Crippen LogP contribution in [-0.2, 0) is 16.0 Å². The maximum Gasteiger partial charge on any atom is 0.343 e. The van der Waals surface area contributed by atoms with Crippen LogP contribution in [0.15, 0.2) is 60.7 Å². The van der Waals surface area contributed by atoms with Crippen molar-refractivity contribution in [2.24, 2.45) is 0 Å². The zero-order valence-electron chi connectivity index (χ0n) is 23.2. The van der Waals surface area contributed by atoms with E-state index in [0.29, 0.717) is 29.7 Å². The first-order chi connectivity index (χ1) is 18.7. The van der Waals surface area contributed by atoms with Crippen LogP contribution in [0.2, 0.25) is 0 Å². The van der Waals surface area contributed by atoms with Crippen molar-refractivity contribution < 1.29 is 23.9 Å². The highest BCUT2D eigenvalue weighted by Crippen LogP contribution is 2.40. The molecule has 0 radical (unpaired) electrons. The summed E-state index contributed by atoms with van der Waals surface area (Å²) in [5, 5.41) is 6.43. The first kappa shape index (κ1) is 28.0. The molecule has 3 aromatic rings. The highest BCUT2D eigenvalue weighted by Gasteiger charge is 2.33. The number of carbonyl (C=O) groups excluding carboxylic acids is 3. The Morgan fingerprint density at radius 1 is 0.872 bits per heavy atom. The van der Waals surface area contributed by atoms with E-state index in [4.69, 9.17) is 9.47 Å². The van der Waals surface area contributed by atoms with Crippen LogP contribution in [0.4, 0.5) is 5.69 Å². The number of benzene rings is 3. The lowest BCUT2D eigenvalue weighted by molar-refractivity contribution is -0.116. The zero-order chi connectivity index (χ0) is 28.1. The molecular formula is C32H36N2O5. The van der Waals surface area contributed by atoms with Gasteiger partial charge in [0, 0.05) is 18.5 Å². The van der Waals surface area contributed by atoms with Gasteiger partial charge in [0.1, 0.15) is 6.10 Å². The van der Waals surface area contributed by atoms with Crippen LogP contribution in [0.25, 0.3) is 0 Å². The average molecular weight is 529 g/mol. The normalized spacial score (nSPS) is 14.3. The Hall–Kier alpha value is -3.97. The fourth-order valence-corrected chi connectivity index (χ4v) is 4.77. The third kappa shape index (κ3) is 6.73. The predicted molar refractivity (Wildman–Crippen MR) is 151 cm³/mol. The van der Waals surface area contributed by atoms with Crippen molar-refractivity contribution in [3.63, 3.8) is 0 Å². The van der Waals surface area contributed by atoms with Crippen LogP contribution in [0, 0.1) is 13.8 Å². The molecule has 0 fully saturated rings. The summed E-state index contributed by atoms with van der Waals surface area (Å²) in [7, 11) is 0. The van der Waals surface area contributed by atoms with Gasteiger partial charge in [-0.1, -0.05) is 62.2 Å². The molecule has 1 heterocycles. The lowest BCUT2D eigenvalue weighted by Gasteiger charge is -2.32. The molecule has 204 valence electrons. The van der Waals surface area contributed by atoms with Crippen LogP contribution >= 0.6 is 0 Å². The van der Waals surface area contributed by atoms with Crippen LogP contribution < -0.4 is 15.4 Å². The smallest absolute Gasteiger partial charge is 0.343 e. The van der Waals surface area contributed by atoms with Gasteiger partial charge in [0.05, 0.1) is 16.8 Å². The molecule has 0 aliphatic carbocycles. The van der Waals surface area contributed by atoms with Gasteiger partial charge in [-0.05, 0) is 68.1 Å². The van der Waals surface area contributed by atoms with Gasteiger partial charge >= 0.3 is 11.9 Å². The first-order valence-electron chi connectivity index (χ1n) is 13.4. The molecule has 0 saturated carbocycles. The minimum absolute atomic E-state index is 0.154. The van der Waals surface area contributed by atoms with Crippen molar-refractivity contribution in [1.82, 2.24) is 5.32 Å². The molecule has 2 unspecified atom stereocenters. The topological polar surface area (TPSA) is 93.7 Å². The third-order valence-corrected chi connectivity index (χ3v) is 6.85. The quantitative estimate of drug-likeness (QED) is 0.258. The van der Waals surface area contributed by atoms with E-state index in [0.717, 1.165) is 22.3 Å². The number of nitrogens with one attached hydrogen (secondary N) is 2. The number of aryl methyl sites for hydroxylation is 2. The Bertz CT molecular complexity index is 1350. The largest absolute Gasteiger partial charge is 0.452 e. The number of hydrogen-bond donors (Lipinski definition) is 2. The summed E-state index contributed by atoms with van der Waals surface area (Å²) < 4.78 is 11.9. The second-order valence-electron chi connectivity index (χ2n) is 10.3. The van der Waals surface area contributed by atoms with Crippen LogP contribution in [0.5, 0.6) is 5.75 Å². The van der Waals surface area contributed by atoms with Gasteiger partial charge in [-0.2, -0.15) is 0 Å². The minimum atomic E-state index is -0.628. The Balaban J connectivity index is 1.73. The van der Waals surface area contributed by atoms with Crippen molar-refractivity contribution in [3.05, 3.63) is 94.0 Å². The molecule has 2 atom stereocenters. The van der Waals surface area contributed by atoms with Gasteiger partial charge in [0.15, 0.2) is 5.75 Å². The Kier molecular flexibility index (Phi) is 8.82. The Morgan fingerprint density at radius 2 is 1.46 bits per heavy atom. The van der Waals surface area contributed by atoms with Gasteiger partial charge in [0.2, 0.25) is 5.91 Å². The van der Waals surface area contributed by atoms with E-state index in [9.17, 15) is 14.4 Å². The molecule has 1 aliphatic rings. The van der Waals surface area contributed by atoms with E-state index in [2.05, 4.69) is 10.6 Å². The van der Waals surface area contributed by atoms with Crippen LogP contribution in [-0.4, -0.2) is 29.9 Å². The summed E-state index contributed by atoms with van der Waals surface area (Å²) in [5.41, 5.74) is 4.99. The standard InChI is InChI=1S/C32H36N2O5/c1-6-26(33-19(2)3)30(39-32(37)23-13-9-21(5)10-14-23)25-15-17-27(29-24(25)16-18-28(35)34-29)38-31(36)22-11-7-20(4)8-12-22/h7-15,17,19,26,30,33H,6,16,18H2,1-5H3,(H,34,35). The Labute approximate surface area is 229 Å². The molecule has 3 aromatic carbocycles. The lowest BCUT2D eigenvalue weighted by atomic mass is 9.89. The monoisotopic (exact) mass is 528 g/mol. The molecule has 0 aromatic heterocycles. The van der Waals surface area contributed by atoms with Crippen molar-refractivity contribution in [2.45, 2.75) is 72.1 Å². The fourth-order valence-electron chi connectivity index (χ4n) is 4.77. The van der Waals surface area contributed by atoms with E-state index in [1.807, 2.05) is 65.0 Å². The molecule has 2 N–H and O–H groups in total. The number of esters is 2. The number of anilines is 1. The van der Waals surface area contributed by atoms with E-state index in [1.165, 1.54) is 0 Å². The first-order valence-corrected chi connectivity index (χ1v) is 13.4. The number of fused-ring (bicyclic) bond motifs is 1. The lowest BCUT2D eigenvalue weighted by Crippen LogP contribution is -2.41. The summed E-state index contributed by atoms with van der Waals surface area (Å²) in [6.07, 6.45) is 0.790. The van der Waals surface area contributed by atoms with Gasteiger partial charge in [0.25, 0.3) is 0 Å². The van der Waals surface area contributed by atoms with E-state index >= 15 is 0 Å². The predicted octanol–water partition coefficient (Wildman–Crippen LogP) is 6.08. The number of amides is 1. The third-order valence-electron chi connectivity index (χ3n) is 6.85.